The third kappa shape index (κ3) is 9.80. The van der Waals surface area contributed by atoms with Crippen LogP contribution in [0.15, 0.2) is 0 Å². The Morgan fingerprint density at radius 1 is 1.27 bits per heavy atom. The fourth-order valence-corrected chi connectivity index (χ4v) is 0.989. The molecule has 0 fully saturated rings. The lowest BCUT2D eigenvalue weighted by molar-refractivity contribution is 0.468. The monoisotopic (exact) mass is 184 g/mol. The van der Waals surface area contributed by atoms with E-state index >= 15 is 0 Å². The molecule has 0 spiro atoms. The zero-order chi connectivity index (χ0) is 8.74. The zero-order valence-electron chi connectivity index (χ0n) is 6.43. The molecule has 0 aliphatic carbocycles. The highest BCUT2D eigenvalue weighted by Gasteiger charge is 1.97. The van der Waals surface area contributed by atoms with Gasteiger partial charge in [0, 0.05) is 19.6 Å². The summed E-state index contributed by atoms with van der Waals surface area (Å²) in [4.78, 5) is 0. The lowest BCUT2D eigenvalue weighted by Crippen LogP contribution is -2.31. The summed E-state index contributed by atoms with van der Waals surface area (Å²) in [6.07, 6.45) is 1.09. The van der Waals surface area contributed by atoms with Crippen LogP contribution in [0.3, 0.4) is 0 Å². The predicted molar refractivity (Wildman–Crippen MR) is 41.7 cm³/mol. The summed E-state index contributed by atoms with van der Waals surface area (Å²) in [6, 6.07) is 0. The second-order valence-corrected chi connectivity index (χ2v) is 3.94. The summed E-state index contributed by atoms with van der Waals surface area (Å²) >= 11 is 0. The second-order valence-electron chi connectivity index (χ2n) is 2.11. The lowest BCUT2D eigenvalue weighted by Gasteiger charge is -2.01. The largest absolute Gasteiger partial charge is 0.313 e. The van der Waals surface area contributed by atoms with Crippen molar-refractivity contribution in [2.75, 3.05) is 32.6 Å². The molecule has 0 aliphatic heterocycles. The molecule has 0 aromatic carbocycles. The Balaban J connectivity index is 3.16. The third-order valence-corrected chi connectivity index (χ3v) is 1.67. The quantitative estimate of drug-likeness (QED) is 0.526. The van der Waals surface area contributed by atoms with Gasteiger partial charge in [0.1, 0.15) is 6.67 Å². The van der Waals surface area contributed by atoms with Crippen LogP contribution in [-0.4, -0.2) is 41.0 Å². The van der Waals surface area contributed by atoms with Crippen molar-refractivity contribution in [2.45, 2.75) is 0 Å². The van der Waals surface area contributed by atoms with Gasteiger partial charge in [0.15, 0.2) is 0 Å². The van der Waals surface area contributed by atoms with Crippen LogP contribution in [0.1, 0.15) is 0 Å². The molecule has 2 N–H and O–H groups in total. The molecule has 0 radical (unpaired) electrons. The van der Waals surface area contributed by atoms with E-state index < -0.39 is 16.7 Å². The first-order valence-electron chi connectivity index (χ1n) is 3.27. The van der Waals surface area contributed by atoms with Crippen molar-refractivity contribution < 1.29 is 12.8 Å². The first kappa shape index (κ1) is 10.8. The van der Waals surface area contributed by atoms with E-state index in [2.05, 4.69) is 10.0 Å². The van der Waals surface area contributed by atoms with Gasteiger partial charge in [0.25, 0.3) is 0 Å². The van der Waals surface area contributed by atoms with Gasteiger partial charge in [-0.1, -0.05) is 0 Å². The van der Waals surface area contributed by atoms with Gasteiger partial charge in [0.05, 0.1) is 6.26 Å². The van der Waals surface area contributed by atoms with Crippen molar-refractivity contribution in [3.8, 4) is 0 Å². The van der Waals surface area contributed by atoms with Crippen LogP contribution >= 0.6 is 0 Å². The molecule has 0 aliphatic rings. The maximum atomic E-state index is 11.5. The Morgan fingerprint density at radius 2 is 1.91 bits per heavy atom. The number of hydrogen-bond donors (Lipinski definition) is 2. The molecule has 0 atom stereocenters. The first-order chi connectivity index (χ1) is 5.06. The Labute approximate surface area is 66.2 Å². The molecule has 0 amide bonds. The topological polar surface area (TPSA) is 58.2 Å². The minimum absolute atomic E-state index is 0.269. The molecule has 0 rings (SSSR count). The molecule has 0 aromatic heterocycles. The molecule has 4 nitrogen and oxygen atoms in total. The molecular formula is C5H13FN2O2S. The van der Waals surface area contributed by atoms with E-state index in [0.29, 0.717) is 13.1 Å². The fourth-order valence-electron chi connectivity index (χ4n) is 0.517. The summed E-state index contributed by atoms with van der Waals surface area (Å²) < 4.78 is 34.6. The zero-order valence-corrected chi connectivity index (χ0v) is 7.25. The third-order valence-electron chi connectivity index (χ3n) is 0.937. The SMILES string of the molecule is CS(=O)(=O)NCCNCCF. The van der Waals surface area contributed by atoms with Crippen LogP contribution < -0.4 is 10.0 Å². The van der Waals surface area contributed by atoms with E-state index in [9.17, 15) is 12.8 Å². The molecule has 11 heavy (non-hydrogen) atoms. The van der Waals surface area contributed by atoms with Crippen molar-refractivity contribution in [3.63, 3.8) is 0 Å². The van der Waals surface area contributed by atoms with Crippen molar-refractivity contribution in [3.05, 3.63) is 0 Å². The summed E-state index contributed by atoms with van der Waals surface area (Å²) in [5.41, 5.74) is 0. The maximum absolute atomic E-state index is 11.5. The van der Waals surface area contributed by atoms with Gasteiger partial charge >= 0.3 is 0 Å². The van der Waals surface area contributed by atoms with Gasteiger partial charge in [-0.2, -0.15) is 0 Å². The lowest BCUT2D eigenvalue weighted by atomic mass is 10.6. The van der Waals surface area contributed by atoms with E-state index in [0.717, 1.165) is 6.26 Å². The molecule has 0 heterocycles. The molecule has 0 unspecified atom stereocenters. The highest BCUT2D eigenvalue weighted by Crippen LogP contribution is 1.70. The van der Waals surface area contributed by atoms with Gasteiger partial charge in [-0.05, 0) is 0 Å². The summed E-state index contributed by atoms with van der Waals surface area (Å²) in [6.45, 7) is 0.597. The van der Waals surface area contributed by atoms with Gasteiger partial charge in [-0.25, -0.2) is 17.5 Å². The number of nitrogens with one attached hydrogen (secondary N) is 2. The van der Waals surface area contributed by atoms with Crippen LogP contribution in [0.25, 0.3) is 0 Å². The summed E-state index contributed by atoms with van der Waals surface area (Å²) in [5.74, 6) is 0. The van der Waals surface area contributed by atoms with Gasteiger partial charge in [-0.3, -0.25) is 0 Å². The van der Waals surface area contributed by atoms with Gasteiger partial charge in [-0.15, -0.1) is 0 Å². The minimum Gasteiger partial charge on any atom is -0.313 e. The minimum atomic E-state index is -3.10. The number of rotatable bonds is 6. The van der Waals surface area contributed by atoms with Crippen LogP contribution in [0, 0.1) is 0 Å². The Kier molecular flexibility index (Phi) is 5.35. The van der Waals surface area contributed by atoms with E-state index in [4.69, 9.17) is 0 Å². The summed E-state index contributed by atoms with van der Waals surface area (Å²) in [7, 11) is -3.10. The summed E-state index contributed by atoms with van der Waals surface area (Å²) in [5, 5.41) is 2.71. The molecule has 0 bridgehead atoms. The van der Waals surface area contributed by atoms with E-state index in [1.807, 2.05) is 0 Å². The Morgan fingerprint density at radius 3 is 2.36 bits per heavy atom. The van der Waals surface area contributed by atoms with Crippen LogP contribution in [-0.2, 0) is 10.0 Å². The Bertz CT molecular complexity index is 181. The molecule has 6 heteroatoms. The highest BCUT2D eigenvalue weighted by molar-refractivity contribution is 7.88. The van der Waals surface area contributed by atoms with Gasteiger partial charge < -0.3 is 5.32 Å². The molecule has 0 aromatic rings. The van der Waals surface area contributed by atoms with Gasteiger partial charge in [0.2, 0.25) is 10.0 Å². The van der Waals surface area contributed by atoms with Crippen molar-refractivity contribution >= 4 is 10.0 Å². The van der Waals surface area contributed by atoms with E-state index in [-0.39, 0.29) is 6.54 Å². The first-order valence-corrected chi connectivity index (χ1v) is 5.17. The molecule has 0 saturated carbocycles. The standard InChI is InChI=1S/C5H13FN2O2S/c1-11(9,10)8-5-4-7-3-2-6/h7-8H,2-5H2,1H3. The van der Waals surface area contributed by atoms with Crippen molar-refractivity contribution in [1.82, 2.24) is 10.0 Å². The van der Waals surface area contributed by atoms with Crippen LogP contribution in [0.5, 0.6) is 0 Å². The average molecular weight is 184 g/mol. The molecular weight excluding hydrogens is 171 g/mol. The smallest absolute Gasteiger partial charge is 0.208 e. The van der Waals surface area contributed by atoms with E-state index in [1.54, 1.807) is 0 Å². The van der Waals surface area contributed by atoms with Crippen molar-refractivity contribution in [2.24, 2.45) is 0 Å². The van der Waals surface area contributed by atoms with E-state index in [1.165, 1.54) is 0 Å². The molecule has 68 valence electrons. The number of sulfonamides is 1. The normalized spacial score (nSPS) is 11.8. The Hall–Kier alpha value is -0.200. The number of alkyl halides is 1. The number of hydrogen-bond acceptors (Lipinski definition) is 3. The molecule has 0 saturated heterocycles. The average Bonchev–Trinajstić information content (AvgIpc) is 1.85. The predicted octanol–water partition coefficient (Wildman–Crippen LogP) is -0.905. The second kappa shape index (κ2) is 5.45. The number of halogens is 1. The van der Waals surface area contributed by atoms with Crippen LogP contribution in [0.2, 0.25) is 0 Å². The maximum Gasteiger partial charge on any atom is 0.208 e. The highest BCUT2D eigenvalue weighted by atomic mass is 32.2. The van der Waals surface area contributed by atoms with Crippen LogP contribution in [0.4, 0.5) is 4.39 Å². The van der Waals surface area contributed by atoms with Crippen molar-refractivity contribution in [1.29, 1.82) is 0 Å². The fraction of sp³-hybridized carbons (Fsp3) is 1.00.